The number of aryl methyl sites for hydroxylation is 4. The largest absolute Gasteiger partial charge is 0.385 e. The van der Waals surface area contributed by atoms with Crippen LogP contribution < -0.4 is 14.9 Å². The molecule has 0 saturated carbocycles. The minimum atomic E-state index is -3.92. The first kappa shape index (κ1) is 52.0. The first-order valence-corrected chi connectivity index (χ1v) is 26.5. The highest BCUT2D eigenvalue weighted by molar-refractivity contribution is 7.90. The van der Waals surface area contributed by atoms with Gasteiger partial charge in [0.15, 0.2) is 0 Å². The summed E-state index contributed by atoms with van der Waals surface area (Å²) >= 11 is 35.9. The summed E-state index contributed by atoms with van der Waals surface area (Å²) < 4.78 is 60.1. The highest BCUT2D eigenvalue weighted by atomic mass is 35.5. The second-order valence-corrected chi connectivity index (χ2v) is 22.9. The van der Waals surface area contributed by atoms with Gasteiger partial charge in [-0.15, -0.1) is 0 Å². The summed E-state index contributed by atoms with van der Waals surface area (Å²) in [4.78, 5) is 2.07. The Labute approximate surface area is 405 Å². The summed E-state index contributed by atoms with van der Waals surface area (Å²) in [6, 6.07) is 18.3. The molecule has 4 aromatic rings. The Morgan fingerprint density at radius 1 is 0.714 bits per heavy atom. The van der Waals surface area contributed by atoms with Crippen molar-refractivity contribution in [3.63, 3.8) is 0 Å². The number of hydrogen-bond acceptors (Lipinski definition) is 7. The minimum Gasteiger partial charge on any atom is -0.385 e. The van der Waals surface area contributed by atoms with Gasteiger partial charge in [-0.1, -0.05) is 133 Å². The average Bonchev–Trinajstić information content (AvgIpc) is 3.80. The smallest absolute Gasteiger partial charge is 0.246 e. The van der Waals surface area contributed by atoms with Crippen molar-refractivity contribution in [1.82, 2.24) is 9.03 Å². The molecule has 0 aromatic heterocycles. The zero-order valence-corrected chi connectivity index (χ0v) is 42.8. The van der Waals surface area contributed by atoms with E-state index in [1.807, 2.05) is 27.7 Å². The third-order valence-corrected chi connectivity index (χ3v) is 16.8. The van der Waals surface area contributed by atoms with Gasteiger partial charge >= 0.3 is 0 Å². The maximum absolute atomic E-state index is 13.1. The summed E-state index contributed by atoms with van der Waals surface area (Å²) in [5, 5.41) is 4.13. The molecule has 63 heavy (non-hydrogen) atoms. The van der Waals surface area contributed by atoms with Crippen molar-refractivity contribution in [2.45, 2.75) is 102 Å². The standard InChI is InChI=1S/C21H25Cl3N2O2S.C11H12Cl3NO2S.C10H13N.C4H8O/c1-13(2)19(12-26-8-4-5-15-9-14(3)6-7-20(15)26)25-29(27,28)21-17(23)10-16(22)11-18(21)24;1-6(2)10-5-15(10)18(16,17)11-8(13)3-7(12)4-9(11)14;1-8-4-5-10-9(7-8)3-2-6-11-10;1-2-4-5-3-1/h6-7,9-11,13,19,25H,4-5,8,12H2,1-3H3;3-4,6,10H,5H2,1-2H3;4-5,7,11H,2-3,6H2,1H3;1-4H2. The van der Waals surface area contributed by atoms with Crippen LogP contribution in [-0.4, -0.2) is 72.6 Å². The number of anilines is 2. The van der Waals surface area contributed by atoms with E-state index in [-0.39, 0.29) is 53.8 Å². The zero-order chi connectivity index (χ0) is 46.2. The third-order valence-electron chi connectivity index (χ3n) is 11.1. The van der Waals surface area contributed by atoms with Gasteiger partial charge in [0.1, 0.15) is 9.79 Å². The lowest BCUT2D eigenvalue weighted by atomic mass is 9.97. The predicted molar refractivity (Wildman–Crippen MR) is 264 cm³/mol. The molecular formula is C46H58Cl6N4O5S2. The predicted octanol–water partition coefficient (Wildman–Crippen LogP) is 12.5. The number of hydrogen-bond donors (Lipinski definition) is 2. The number of sulfonamides is 2. The molecule has 8 rings (SSSR count). The quantitative estimate of drug-likeness (QED) is 0.161. The molecule has 2 saturated heterocycles. The van der Waals surface area contributed by atoms with Crippen LogP contribution in [0.15, 0.2) is 70.5 Å². The van der Waals surface area contributed by atoms with Gasteiger partial charge in [-0.3, -0.25) is 0 Å². The van der Waals surface area contributed by atoms with Gasteiger partial charge in [-0.2, -0.15) is 4.31 Å². The Morgan fingerprint density at radius 3 is 1.78 bits per heavy atom. The molecule has 0 amide bonds. The molecule has 0 aliphatic carbocycles. The number of nitrogens with zero attached hydrogens (tertiary/aromatic N) is 2. The zero-order valence-electron chi connectivity index (χ0n) is 36.6. The molecule has 9 nitrogen and oxygen atoms in total. The van der Waals surface area contributed by atoms with Crippen molar-refractivity contribution < 1.29 is 21.6 Å². The van der Waals surface area contributed by atoms with Gasteiger partial charge in [-0.25, -0.2) is 21.6 Å². The van der Waals surface area contributed by atoms with Crippen molar-refractivity contribution in [2.24, 2.45) is 11.8 Å². The van der Waals surface area contributed by atoms with E-state index in [2.05, 4.69) is 65.2 Å². The van der Waals surface area contributed by atoms with Crippen LogP contribution in [0.2, 0.25) is 30.1 Å². The fraction of sp³-hybridized carbons (Fsp3) is 0.478. The Morgan fingerprint density at radius 2 is 1.25 bits per heavy atom. The average molecular weight is 1020 g/mol. The van der Waals surface area contributed by atoms with Gasteiger partial charge in [0.2, 0.25) is 20.0 Å². The number of benzene rings is 4. The molecular weight excluding hydrogens is 965 g/mol. The Kier molecular flexibility index (Phi) is 19.1. The molecule has 17 heteroatoms. The second-order valence-electron chi connectivity index (χ2n) is 16.9. The number of halogens is 6. The topological polar surface area (TPSA) is 108 Å². The first-order chi connectivity index (χ1) is 29.7. The molecule has 2 N–H and O–H groups in total. The molecule has 2 fully saturated rings. The summed E-state index contributed by atoms with van der Waals surface area (Å²) in [6.45, 7) is 17.3. The van der Waals surface area contributed by atoms with Crippen LogP contribution in [-0.2, 0) is 37.6 Å². The Balaban J connectivity index is 0.000000184. The molecule has 4 aliphatic heterocycles. The molecule has 0 spiro atoms. The SMILES string of the molecule is C1CCOC1.CC(C)C1CN1S(=O)(=O)c1c(Cl)cc(Cl)cc1Cl.Cc1ccc2c(c1)CCCN2.Cc1ccc2c(c1)CCCN2CC(NS(=O)(=O)c1c(Cl)cc(Cl)cc1Cl)C(C)C. The maximum Gasteiger partial charge on any atom is 0.246 e. The van der Waals surface area contributed by atoms with Crippen LogP contribution in [0.1, 0.15) is 75.6 Å². The number of ether oxygens (including phenoxy) is 1. The molecule has 346 valence electrons. The van der Waals surface area contributed by atoms with E-state index < -0.39 is 20.0 Å². The Hall–Kier alpha value is -2.00. The normalized spacial score (nSPS) is 18.4. The van der Waals surface area contributed by atoms with Gasteiger partial charge in [-0.05, 0) is 112 Å². The van der Waals surface area contributed by atoms with Crippen molar-refractivity contribution >= 4 is 101 Å². The summed E-state index contributed by atoms with van der Waals surface area (Å²) in [5.74, 6) is 0.343. The lowest BCUT2D eigenvalue weighted by Crippen LogP contribution is -2.48. The summed E-state index contributed by atoms with van der Waals surface area (Å²) in [7, 11) is -7.54. The minimum absolute atomic E-state index is 0.0105. The van der Waals surface area contributed by atoms with Crippen LogP contribution in [0.25, 0.3) is 0 Å². The lowest BCUT2D eigenvalue weighted by molar-refractivity contribution is 0.198. The van der Waals surface area contributed by atoms with E-state index in [0.29, 0.717) is 23.1 Å². The van der Waals surface area contributed by atoms with E-state index in [4.69, 9.17) is 74.3 Å². The number of nitrogens with one attached hydrogen (secondary N) is 2. The molecule has 4 aromatic carbocycles. The monoisotopic (exact) mass is 1020 g/mol. The van der Waals surface area contributed by atoms with Crippen LogP contribution in [0.5, 0.6) is 0 Å². The fourth-order valence-electron chi connectivity index (χ4n) is 7.62. The van der Waals surface area contributed by atoms with Crippen molar-refractivity contribution in [2.75, 3.05) is 49.6 Å². The van der Waals surface area contributed by atoms with Gasteiger partial charge in [0, 0.05) is 72.9 Å². The van der Waals surface area contributed by atoms with Crippen LogP contribution in [0.4, 0.5) is 11.4 Å². The molecule has 0 radical (unpaired) electrons. The molecule has 3 unspecified atom stereocenters. The Bertz CT molecular complexity index is 2380. The number of rotatable bonds is 9. The van der Waals surface area contributed by atoms with E-state index in [1.165, 1.54) is 87.9 Å². The highest BCUT2D eigenvalue weighted by Crippen LogP contribution is 2.40. The highest BCUT2D eigenvalue weighted by Gasteiger charge is 2.47. The summed E-state index contributed by atoms with van der Waals surface area (Å²) in [5.41, 5.74) is 7.91. The maximum atomic E-state index is 13.1. The molecule has 4 heterocycles. The lowest BCUT2D eigenvalue weighted by Gasteiger charge is -2.36. The van der Waals surface area contributed by atoms with Crippen molar-refractivity contribution in [3.8, 4) is 0 Å². The number of fused-ring (bicyclic) bond motifs is 2. The fourth-order valence-corrected chi connectivity index (χ4v) is 13.7. The van der Waals surface area contributed by atoms with E-state index in [0.717, 1.165) is 39.1 Å². The van der Waals surface area contributed by atoms with Crippen molar-refractivity contribution in [3.05, 3.63) is 113 Å². The third kappa shape index (κ3) is 14.3. The van der Waals surface area contributed by atoms with Crippen LogP contribution in [0, 0.1) is 25.7 Å². The van der Waals surface area contributed by atoms with Gasteiger partial charge in [0.25, 0.3) is 0 Å². The van der Waals surface area contributed by atoms with E-state index in [1.54, 1.807) is 0 Å². The van der Waals surface area contributed by atoms with Crippen LogP contribution >= 0.6 is 69.6 Å². The molecule has 4 aliphatic rings. The van der Waals surface area contributed by atoms with Crippen molar-refractivity contribution in [1.29, 1.82) is 0 Å². The first-order valence-electron chi connectivity index (χ1n) is 21.3. The van der Waals surface area contributed by atoms with E-state index >= 15 is 0 Å². The van der Waals surface area contributed by atoms with Gasteiger partial charge in [0.05, 0.1) is 20.1 Å². The molecule has 0 bridgehead atoms. The van der Waals surface area contributed by atoms with E-state index in [9.17, 15) is 16.8 Å². The van der Waals surface area contributed by atoms with Crippen LogP contribution in [0.3, 0.4) is 0 Å². The summed E-state index contributed by atoms with van der Waals surface area (Å²) in [6.07, 6.45) is 7.16. The van der Waals surface area contributed by atoms with Gasteiger partial charge < -0.3 is 15.0 Å². The molecule has 3 atom stereocenters. The second kappa shape index (κ2) is 23.1.